The van der Waals surface area contributed by atoms with Crippen LogP contribution in [0.4, 0.5) is 0 Å². The third kappa shape index (κ3) is 11.2. The van der Waals surface area contributed by atoms with Crippen molar-refractivity contribution in [2.75, 3.05) is 6.61 Å². The van der Waals surface area contributed by atoms with Crippen molar-refractivity contribution in [3.8, 4) is 0 Å². The summed E-state index contributed by atoms with van der Waals surface area (Å²) >= 11 is 0. The fourth-order valence-electron chi connectivity index (χ4n) is 5.97. The number of benzene rings is 4. The predicted molar refractivity (Wildman–Crippen MR) is 190 cm³/mol. The molecule has 0 aromatic heterocycles. The van der Waals surface area contributed by atoms with Crippen LogP contribution in [-0.2, 0) is 50.1 Å². The third-order valence-corrected chi connectivity index (χ3v) is 8.87. The summed E-state index contributed by atoms with van der Waals surface area (Å²) in [4.78, 5) is 0. The van der Waals surface area contributed by atoms with E-state index < -0.39 is 42.7 Å². The van der Waals surface area contributed by atoms with Crippen LogP contribution in [-0.4, -0.2) is 59.5 Å². The number of aliphatic hydroxyl groups is 2. The summed E-state index contributed by atoms with van der Waals surface area (Å²) < 4.78 is 33.3. The molecule has 7 nitrogen and oxygen atoms in total. The fourth-order valence-corrected chi connectivity index (χ4v) is 5.97. The lowest BCUT2D eigenvalue weighted by atomic mass is 9.91. The third-order valence-electron chi connectivity index (χ3n) is 8.87. The van der Waals surface area contributed by atoms with Gasteiger partial charge in [0.25, 0.3) is 0 Å². The Morgan fingerprint density at radius 1 is 0.612 bits per heavy atom. The first kappa shape index (κ1) is 36.6. The predicted octanol–water partition coefficient (Wildman–Crippen LogP) is 7.05. The minimum absolute atomic E-state index is 0.266. The smallest absolute Gasteiger partial charge is 0.116 e. The first-order chi connectivity index (χ1) is 24.0. The Morgan fingerprint density at radius 2 is 1.04 bits per heavy atom. The summed E-state index contributed by atoms with van der Waals surface area (Å²) in [5, 5.41) is 21.1. The Morgan fingerprint density at radius 3 is 1.51 bits per heavy atom. The molecular weight excluding hydrogens is 616 g/mol. The highest BCUT2D eigenvalue weighted by molar-refractivity contribution is 5.17. The van der Waals surface area contributed by atoms with E-state index in [0.29, 0.717) is 32.8 Å². The second-order valence-corrected chi connectivity index (χ2v) is 12.6. The van der Waals surface area contributed by atoms with E-state index in [4.69, 9.17) is 23.7 Å². The molecule has 1 heterocycles. The van der Waals surface area contributed by atoms with Crippen LogP contribution in [0.15, 0.2) is 133 Å². The number of hydrogen-bond donors (Lipinski definition) is 2. The van der Waals surface area contributed by atoms with E-state index in [1.807, 2.05) is 147 Å². The van der Waals surface area contributed by atoms with Crippen molar-refractivity contribution in [1.82, 2.24) is 0 Å². The van der Waals surface area contributed by atoms with Crippen LogP contribution in [0.2, 0.25) is 0 Å². The van der Waals surface area contributed by atoms with Crippen LogP contribution in [0.1, 0.15) is 42.5 Å². The summed E-state index contributed by atoms with van der Waals surface area (Å²) in [5.41, 5.74) is 4.16. The quantitative estimate of drug-likeness (QED) is 0.110. The highest BCUT2D eigenvalue weighted by Crippen LogP contribution is 2.32. The molecule has 0 saturated carbocycles. The first-order valence-electron chi connectivity index (χ1n) is 17.3. The van der Waals surface area contributed by atoms with Gasteiger partial charge in [-0.15, -0.1) is 0 Å². The van der Waals surface area contributed by atoms with E-state index in [9.17, 15) is 10.2 Å². The Hall–Kier alpha value is -3.66. The average molecular weight is 667 g/mol. The SMILES string of the molecule is CC[C@@H](O)[C@@H](O)[C@@H](C)/C=C\C1OC(COCc2ccccc2)C(OCc2ccccc2)C(OCc2ccccc2)C1OCc1ccccc1. The Bertz CT molecular complexity index is 1480. The van der Waals surface area contributed by atoms with Gasteiger partial charge in [-0.25, -0.2) is 0 Å². The first-order valence-corrected chi connectivity index (χ1v) is 17.3. The van der Waals surface area contributed by atoms with E-state index in [-0.39, 0.29) is 12.5 Å². The summed E-state index contributed by atoms with van der Waals surface area (Å²) in [5.74, 6) is -0.322. The van der Waals surface area contributed by atoms with Crippen LogP contribution in [0.5, 0.6) is 0 Å². The highest BCUT2D eigenvalue weighted by atomic mass is 16.6. The second kappa shape index (κ2) is 19.5. The van der Waals surface area contributed by atoms with Gasteiger partial charge in [0, 0.05) is 5.92 Å². The molecule has 0 amide bonds. The lowest BCUT2D eigenvalue weighted by Crippen LogP contribution is -2.60. The molecule has 0 bridgehead atoms. The van der Waals surface area contributed by atoms with E-state index in [1.165, 1.54) is 0 Å². The van der Waals surface area contributed by atoms with Crippen molar-refractivity contribution in [3.05, 3.63) is 156 Å². The number of rotatable bonds is 18. The summed E-state index contributed by atoms with van der Waals surface area (Å²) in [6.07, 6.45) is -0.139. The van der Waals surface area contributed by atoms with Gasteiger partial charge in [-0.1, -0.05) is 147 Å². The van der Waals surface area contributed by atoms with Gasteiger partial charge in [-0.3, -0.25) is 0 Å². The molecule has 1 fully saturated rings. The normalized spacial score (nSPS) is 22.9. The Balaban J connectivity index is 1.47. The molecule has 0 radical (unpaired) electrons. The molecule has 1 aliphatic heterocycles. The topological polar surface area (TPSA) is 86.6 Å². The molecule has 4 aromatic carbocycles. The number of hydrogen-bond acceptors (Lipinski definition) is 7. The number of aliphatic hydroxyl groups excluding tert-OH is 2. The van der Waals surface area contributed by atoms with Gasteiger partial charge in [0.2, 0.25) is 0 Å². The zero-order valence-corrected chi connectivity index (χ0v) is 28.5. The van der Waals surface area contributed by atoms with Gasteiger partial charge in [0.15, 0.2) is 0 Å². The molecule has 5 unspecified atom stereocenters. The van der Waals surface area contributed by atoms with Gasteiger partial charge >= 0.3 is 0 Å². The van der Waals surface area contributed by atoms with Crippen molar-refractivity contribution in [2.24, 2.45) is 5.92 Å². The zero-order chi connectivity index (χ0) is 34.3. The maximum atomic E-state index is 10.8. The van der Waals surface area contributed by atoms with Crippen LogP contribution >= 0.6 is 0 Å². The average Bonchev–Trinajstić information content (AvgIpc) is 3.16. The molecule has 2 N–H and O–H groups in total. The molecule has 0 spiro atoms. The van der Waals surface area contributed by atoms with Crippen molar-refractivity contribution in [1.29, 1.82) is 0 Å². The molecule has 8 atom stereocenters. The lowest BCUT2D eigenvalue weighted by molar-refractivity contribution is -0.263. The molecular formula is C42H50O7. The van der Waals surface area contributed by atoms with Crippen LogP contribution in [0.25, 0.3) is 0 Å². The Kier molecular flexibility index (Phi) is 14.6. The van der Waals surface area contributed by atoms with Gasteiger partial charge in [-0.2, -0.15) is 0 Å². The van der Waals surface area contributed by atoms with Gasteiger partial charge in [0.05, 0.1) is 45.2 Å². The summed E-state index contributed by atoms with van der Waals surface area (Å²) in [6.45, 7) is 5.49. The van der Waals surface area contributed by atoms with E-state index in [1.54, 1.807) is 0 Å². The molecule has 1 aliphatic rings. The molecule has 4 aromatic rings. The largest absolute Gasteiger partial charge is 0.390 e. The van der Waals surface area contributed by atoms with E-state index in [2.05, 4.69) is 0 Å². The van der Waals surface area contributed by atoms with Crippen molar-refractivity contribution < 1.29 is 33.9 Å². The fraction of sp³-hybridized carbons (Fsp3) is 0.381. The van der Waals surface area contributed by atoms with Gasteiger partial charge < -0.3 is 33.9 Å². The van der Waals surface area contributed by atoms with Crippen molar-refractivity contribution in [3.63, 3.8) is 0 Å². The Labute approximate surface area is 291 Å². The maximum absolute atomic E-state index is 10.8. The molecule has 7 heteroatoms. The minimum Gasteiger partial charge on any atom is -0.390 e. The van der Waals surface area contributed by atoms with Gasteiger partial charge in [0.1, 0.15) is 30.5 Å². The molecule has 49 heavy (non-hydrogen) atoms. The van der Waals surface area contributed by atoms with Crippen LogP contribution < -0.4 is 0 Å². The standard InChI is InChI=1S/C42H50O7/c1-3-36(43)39(44)31(2)24-25-37-40(46-27-33-18-10-5-11-19-33)42(48-29-35-22-14-7-15-23-35)41(47-28-34-20-12-6-13-21-34)38(49-37)30-45-26-32-16-8-4-9-17-32/h4-25,31,36-44H,3,26-30H2,1-2H3/b25-24-/t31-,36+,37?,38?,39-,40?,41?,42?/m0/s1. The van der Waals surface area contributed by atoms with Gasteiger partial charge in [-0.05, 0) is 28.7 Å². The molecule has 260 valence electrons. The van der Waals surface area contributed by atoms with Crippen molar-refractivity contribution >= 4 is 0 Å². The monoisotopic (exact) mass is 666 g/mol. The number of ether oxygens (including phenoxy) is 5. The van der Waals surface area contributed by atoms with Crippen LogP contribution in [0, 0.1) is 5.92 Å². The molecule has 5 rings (SSSR count). The van der Waals surface area contributed by atoms with E-state index >= 15 is 0 Å². The summed E-state index contributed by atoms with van der Waals surface area (Å²) in [6, 6.07) is 40.2. The second-order valence-electron chi connectivity index (χ2n) is 12.6. The van der Waals surface area contributed by atoms with Crippen molar-refractivity contribution in [2.45, 2.75) is 89.4 Å². The highest BCUT2D eigenvalue weighted by Gasteiger charge is 2.47. The maximum Gasteiger partial charge on any atom is 0.116 e. The minimum atomic E-state index is -0.911. The zero-order valence-electron chi connectivity index (χ0n) is 28.5. The van der Waals surface area contributed by atoms with Crippen LogP contribution in [0.3, 0.4) is 0 Å². The lowest BCUT2D eigenvalue weighted by Gasteiger charge is -2.45. The summed E-state index contributed by atoms with van der Waals surface area (Å²) in [7, 11) is 0. The molecule has 1 saturated heterocycles. The van der Waals surface area contributed by atoms with E-state index in [0.717, 1.165) is 22.3 Å². The molecule has 0 aliphatic carbocycles.